The molecule has 2 atom stereocenters. The number of aliphatic hydroxyl groups is 1. The van der Waals surface area contributed by atoms with E-state index in [-0.39, 0.29) is 11.7 Å². The first-order chi connectivity index (χ1) is 6.39. The van der Waals surface area contributed by atoms with Crippen LogP contribution >= 0.6 is 0 Å². The fourth-order valence-corrected chi connectivity index (χ4v) is 1.44. The lowest BCUT2D eigenvalue weighted by Gasteiger charge is -2.26. The SMILES string of the molecule is CCCC(C)(C)OCCC(C)C(C)O. The quantitative estimate of drug-likeness (QED) is 0.687. The summed E-state index contributed by atoms with van der Waals surface area (Å²) < 4.78 is 5.78. The van der Waals surface area contributed by atoms with Crippen LogP contribution in [0, 0.1) is 5.92 Å². The van der Waals surface area contributed by atoms with Gasteiger partial charge < -0.3 is 9.84 Å². The van der Waals surface area contributed by atoms with Crippen LogP contribution in [-0.4, -0.2) is 23.4 Å². The molecule has 0 rings (SSSR count). The first-order valence-corrected chi connectivity index (χ1v) is 5.71. The molecule has 0 spiro atoms. The third-order valence-electron chi connectivity index (χ3n) is 2.74. The van der Waals surface area contributed by atoms with Gasteiger partial charge in [0.2, 0.25) is 0 Å². The van der Waals surface area contributed by atoms with Crippen LogP contribution in [-0.2, 0) is 4.74 Å². The molecule has 0 aromatic rings. The fourth-order valence-electron chi connectivity index (χ4n) is 1.44. The summed E-state index contributed by atoms with van der Waals surface area (Å²) in [4.78, 5) is 0. The van der Waals surface area contributed by atoms with Gasteiger partial charge in [0.1, 0.15) is 0 Å². The van der Waals surface area contributed by atoms with Crippen LogP contribution in [0.2, 0.25) is 0 Å². The zero-order valence-corrected chi connectivity index (χ0v) is 10.3. The van der Waals surface area contributed by atoms with Crippen molar-refractivity contribution in [1.29, 1.82) is 0 Å². The second-order valence-corrected chi connectivity index (χ2v) is 4.86. The molecule has 0 fully saturated rings. The van der Waals surface area contributed by atoms with Gasteiger partial charge in [0.05, 0.1) is 11.7 Å². The molecule has 0 aromatic carbocycles. The summed E-state index contributed by atoms with van der Waals surface area (Å²) in [6, 6.07) is 0. The number of ether oxygens (including phenoxy) is 1. The molecule has 0 bridgehead atoms. The van der Waals surface area contributed by atoms with E-state index in [9.17, 15) is 5.11 Å². The second-order valence-electron chi connectivity index (χ2n) is 4.86. The van der Waals surface area contributed by atoms with Crippen molar-refractivity contribution in [3.8, 4) is 0 Å². The maximum Gasteiger partial charge on any atom is 0.0626 e. The Morgan fingerprint density at radius 3 is 2.29 bits per heavy atom. The molecule has 0 amide bonds. The van der Waals surface area contributed by atoms with Crippen LogP contribution < -0.4 is 0 Å². The standard InChI is InChI=1S/C12H26O2/c1-6-8-12(4,5)14-9-7-10(2)11(3)13/h10-11,13H,6-9H2,1-5H3. The molecule has 0 saturated carbocycles. The summed E-state index contributed by atoms with van der Waals surface area (Å²) in [5.41, 5.74) is -0.00678. The lowest BCUT2D eigenvalue weighted by atomic mass is 10.0. The predicted octanol–water partition coefficient (Wildman–Crippen LogP) is 2.99. The van der Waals surface area contributed by atoms with Crippen molar-refractivity contribution >= 4 is 0 Å². The van der Waals surface area contributed by atoms with Gasteiger partial charge in [-0.15, -0.1) is 0 Å². The topological polar surface area (TPSA) is 29.5 Å². The summed E-state index contributed by atoms with van der Waals surface area (Å²) in [7, 11) is 0. The first-order valence-electron chi connectivity index (χ1n) is 5.71. The van der Waals surface area contributed by atoms with Crippen LogP contribution in [0.15, 0.2) is 0 Å². The van der Waals surface area contributed by atoms with Gasteiger partial charge in [-0.3, -0.25) is 0 Å². The number of hydrogen-bond donors (Lipinski definition) is 1. The van der Waals surface area contributed by atoms with Crippen molar-refractivity contribution in [2.24, 2.45) is 5.92 Å². The van der Waals surface area contributed by atoms with Gasteiger partial charge in [0.25, 0.3) is 0 Å². The largest absolute Gasteiger partial charge is 0.393 e. The summed E-state index contributed by atoms with van der Waals surface area (Å²) in [5, 5.41) is 9.30. The van der Waals surface area contributed by atoms with Crippen molar-refractivity contribution in [3.05, 3.63) is 0 Å². The number of aliphatic hydroxyl groups excluding tert-OH is 1. The third-order valence-corrected chi connectivity index (χ3v) is 2.74. The molecule has 0 aliphatic rings. The van der Waals surface area contributed by atoms with Crippen molar-refractivity contribution in [2.75, 3.05) is 6.61 Å². The van der Waals surface area contributed by atoms with Gasteiger partial charge >= 0.3 is 0 Å². The smallest absolute Gasteiger partial charge is 0.0626 e. The highest BCUT2D eigenvalue weighted by Crippen LogP contribution is 2.18. The molecule has 0 heterocycles. The normalized spacial score (nSPS) is 16.7. The average molecular weight is 202 g/mol. The summed E-state index contributed by atoms with van der Waals surface area (Å²) in [6.45, 7) is 11.1. The molecule has 0 aliphatic heterocycles. The highest BCUT2D eigenvalue weighted by atomic mass is 16.5. The van der Waals surface area contributed by atoms with Crippen molar-refractivity contribution < 1.29 is 9.84 Å². The maximum absolute atomic E-state index is 9.30. The second kappa shape index (κ2) is 6.41. The summed E-state index contributed by atoms with van der Waals surface area (Å²) in [6.07, 6.45) is 2.95. The Labute approximate surface area is 88.7 Å². The molecule has 0 aliphatic carbocycles. The van der Waals surface area contributed by atoms with E-state index in [1.54, 1.807) is 0 Å². The predicted molar refractivity (Wildman–Crippen MR) is 60.4 cm³/mol. The number of rotatable bonds is 7. The molecule has 2 unspecified atom stereocenters. The molecule has 14 heavy (non-hydrogen) atoms. The maximum atomic E-state index is 9.30. The average Bonchev–Trinajstić information content (AvgIpc) is 2.03. The highest BCUT2D eigenvalue weighted by Gasteiger charge is 2.17. The van der Waals surface area contributed by atoms with Crippen LogP contribution in [0.5, 0.6) is 0 Å². The van der Waals surface area contributed by atoms with E-state index in [0.29, 0.717) is 5.92 Å². The Morgan fingerprint density at radius 1 is 1.29 bits per heavy atom. The monoisotopic (exact) mass is 202 g/mol. The van der Waals surface area contributed by atoms with Crippen molar-refractivity contribution in [2.45, 2.75) is 65.6 Å². The van der Waals surface area contributed by atoms with Gasteiger partial charge in [-0.05, 0) is 39.5 Å². The van der Waals surface area contributed by atoms with E-state index in [2.05, 4.69) is 27.7 Å². The minimum absolute atomic E-state index is 0.00678. The number of hydrogen-bond acceptors (Lipinski definition) is 2. The van der Waals surface area contributed by atoms with Gasteiger partial charge in [-0.2, -0.15) is 0 Å². The summed E-state index contributed by atoms with van der Waals surface area (Å²) in [5.74, 6) is 0.326. The van der Waals surface area contributed by atoms with Crippen molar-refractivity contribution in [3.63, 3.8) is 0 Å². The third kappa shape index (κ3) is 6.39. The Hall–Kier alpha value is -0.0800. The van der Waals surface area contributed by atoms with Crippen LogP contribution in [0.4, 0.5) is 0 Å². The molecule has 0 radical (unpaired) electrons. The Morgan fingerprint density at radius 2 is 1.86 bits per heavy atom. The van der Waals surface area contributed by atoms with Gasteiger partial charge in [-0.1, -0.05) is 20.3 Å². The Balaban J connectivity index is 3.62. The van der Waals surface area contributed by atoms with E-state index >= 15 is 0 Å². The van der Waals surface area contributed by atoms with E-state index in [1.165, 1.54) is 0 Å². The lowest BCUT2D eigenvalue weighted by Crippen LogP contribution is -2.26. The minimum atomic E-state index is -0.229. The zero-order valence-electron chi connectivity index (χ0n) is 10.3. The van der Waals surface area contributed by atoms with Crippen LogP contribution in [0.25, 0.3) is 0 Å². The molecule has 0 aromatic heterocycles. The van der Waals surface area contributed by atoms with E-state index in [0.717, 1.165) is 25.9 Å². The molecular formula is C12H26O2. The molecule has 1 N–H and O–H groups in total. The molecule has 2 heteroatoms. The van der Waals surface area contributed by atoms with Gasteiger partial charge in [-0.25, -0.2) is 0 Å². The van der Waals surface area contributed by atoms with E-state index in [1.807, 2.05) is 6.92 Å². The van der Waals surface area contributed by atoms with E-state index in [4.69, 9.17) is 4.74 Å². The summed E-state index contributed by atoms with van der Waals surface area (Å²) >= 11 is 0. The molecule has 2 nitrogen and oxygen atoms in total. The molecular weight excluding hydrogens is 176 g/mol. The lowest BCUT2D eigenvalue weighted by molar-refractivity contribution is -0.0343. The van der Waals surface area contributed by atoms with Gasteiger partial charge in [0.15, 0.2) is 0 Å². The van der Waals surface area contributed by atoms with E-state index < -0.39 is 0 Å². The minimum Gasteiger partial charge on any atom is -0.393 e. The zero-order chi connectivity index (χ0) is 11.2. The fraction of sp³-hybridized carbons (Fsp3) is 1.00. The van der Waals surface area contributed by atoms with Crippen LogP contribution in [0.3, 0.4) is 0 Å². The van der Waals surface area contributed by atoms with Crippen LogP contribution in [0.1, 0.15) is 53.9 Å². The van der Waals surface area contributed by atoms with Crippen molar-refractivity contribution in [1.82, 2.24) is 0 Å². The Kier molecular flexibility index (Phi) is 6.38. The molecule has 86 valence electrons. The first kappa shape index (κ1) is 13.9. The molecule has 0 saturated heterocycles. The highest BCUT2D eigenvalue weighted by molar-refractivity contribution is 4.68. The van der Waals surface area contributed by atoms with Gasteiger partial charge in [0, 0.05) is 6.61 Å². The Bertz CT molecular complexity index is 141.